The number of urea groups is 1. The molecule has 0 aliphatic rings. The first-order valence-electron chi connectivity index (χ1n) is 6.06. The molecule has 104 valence electrons. The second-order valence-electron chi connectivity index (χ2n) is 4.27. The number of carbonyl (C=O) groups is 1. The Balaban J connectivity index is 2.05. The lowest BCUT2D eigenvalue weighted by Crippen LogP contribution is -2.19. The number of ether oxygens (including phenoxy) is 1. The van der Waals surface area contributed by atoms with E-state index in [2.05, 4.69) is 26.6 Å². The monoisotopic (exact) mass is 334 g/mol. The molecule has 0 spiro atoms. The van der Waals surface area contributed by atoms with Crippen LogP contribution >= 0.6 is 15.9 Å². The number of nitrogens with one attached hydrogen (secondary N) is 2. The van der Waals surface area contributed by atoms with E-state index in [0.717, 1.165) is 27.2 Å². The highest BCUT2D eigenvalue weighted by Gasteiger charge is 2.06. The Morgan fingerprint density at radius 1 is 1.15 bits per heavy atom. The molecule has 0 atom stereocenters. The van der Waals surface area contributed by atoms with E-state index in [0.29, 0.717) is 0 Å². The number of hydrogen-bond acceptors (Lipinski definition) is 2. The van der Waals surface area contributed by atoms with Crippen molar-refractivity contribution in [3.05, 3.63) is 52.5 Å². The third-order valence-corrected chi connectivity index (χ3v) is 3.26. The van der Waals surface area contributed by atoms with Crippen LogP contribution in [0.1, 0.15) is 5.56 Å². The van der Waals surface area contributed by atoms with Gasteiger partial charge in [-0.2, -0.15) is 0 Å². The Morgan fingerprint density at radius 3 is 2.60 bits per heavy atom. The maximum Gasteiger partial charge on any atom is 0.323 e. The number of carbonyl (C=O) groups excluding carboxylic acids is 1. The van der Waals surface area contributed by atoms with E-state index >= 15 is 0 Å². The Bertz CT molecular complexity index is 629. The Hall–Kier alpha value is -2.01. The number of halogens is 1. The van der Waals surface area contributed by atoms with Crippen molar-refractivity contribution in [1.82, 2.24) is 0 Å². The molecule has 0 unspecified atom stereocenters. The molecule has 4 nitrogen and oxygen atoms in total. The predicted molar refractivity (Wildman–Crippen MR) is 84.5 cm³/mol. The maximum atomic E-state index is 11.9. The SMILES string of the molecule is COc1ccc(NC(=O)Nc2cccc(Br)c2)c(C)c1. The minimum atomic E-state index is -0.281. The van der Waals surface area contributed by atoms with E-state index in [4.69, 9.17) is 4.74 Å². The molecule has 2 aromatic carbocycles. The molecular formula is C15H15BrN2O2. The van der Waals surface area contributed by atoms with Gasteiger partial charge in [0.15, 0.2) is 0 Å². The second-order valence-corrected chi connectivity index (χ2v) is 5.19. The molecule has 0 heterocycles. The number of aryl methyl sites for hydroxylation is 1. The molecule has 2 N–H and O–H groups in total. The first-order chi connectivity index (χ1) is 9.58. The van der Waals surface area contributed by atoms with E-state index in [1.54, 1.807) is 7.11 Å². The summed E-state index contributed by atoms with van der Waals surface area (Å²) in [4.78, 5) is 11.9. The van der Waals surface area contributed by atoms with Crippen LogP contribution in [0.2, 0.25) is 0 Å². The number of methoxy groups -OCH3 is 1. The number of rotatable bonds is 3. The summed E-state index contributed by atoms with van der Waals surface area (Å²) in [5.41, 5.74) is 2.41. The third-order valence-electron chi connectivity index (χ3n) is 2.76. The van der Waals surface area contributed by atoms with Gasteiger partial charge < -0.3 is 15.4 Å². The zero-order valence-electron chi connectivity index (χ0n) is 11.2. The molecule has 0 radical (unpaired) electrons. The summed E-state index contributed by atoms with van der Waals surface area (Å²) in [6.45, 7) is 1.91. The van der Waals surface area contributed by atoms with Crippen LogP contribution in [0.15, 0.2) is 46.9 Å². The van der Waals surface area contributed by atoms with E-state index in [9.17, 15) is 4.79 Å². The van der Waals surface area contributed by atoms with Crippen LogP contribution in [-0.4, -0.2) is 13.1 Å². The molecule has 0 aliphatic carbocycles. The second kappa shape index (κ2) is 6.43. The minimum absolute atomic E-state index is 0.281. The molecule has 20 heavy (non-hydrogen) atoms. The number of benzene rings is 2. The summed E-state index contributed by atoms with van der Waals surface area (Å²) in [5, 5.41) is 5.58. The van der Waals surface area contributed by atoms with Crippen molar-refractivity contribution in [3.8, 4) is 5.75 Å². The van der Waals surface area contributed by atoms with Gasteiger partial charge in [-0.05, 0) is 48.9 Å². The lowest BCUT2D eigenvalue weighted by Gasteiger charge is -2.11. The van der Waals surface area contributed by atoms with Gasteiger partial charge in [0.2, 0.25) is 0 Å². The van der Waals surface area contributed by atoms with Crippen molar-refractivity contribution in [2.24, 2.45) is 0 Å². The first kappa shape index (κ1) is 14.4. The van der Waals surface area contributed by atoms with Crippen LogP contribution in [0.3, 0.4) is 0 Å². The Labute approximate surface area is 126 Å². The van der Waals surface area contributed by atoms with Crippen LogP contribution in [0.5, 0.6) is 5.75 Å². The summed E-state index contributed by atoms with van der Waals surface area (Å²) in [7, 11) is 1.61. The molecule has 5 heteroatoms. The van der Waals surface area contributed by atoms with Gasteiger partial charge in [0.1, 0.15) is 5.75 Å². The van der Waals surface area contributed by atoms with Crippen molar-refractivity contribution < 1.29 is 9.53 Å². The molecule has 2 rings (SSSR count). The average molecular weight is 335 g/mol. The molecule has 0 aromatic heterocycles. The fourth-order valence-electron chi connectivity index (χ4n) is 1.75. The smallest absolute Gasteiger partial charge is 0.323 e. The van der Waals surface area contributed by atoms with Gasteiger partial charge in [-0.25, -0.2) is 4.79 Å². The highest BCUT2D eigenvalue weighted by molar-refractivity contribution is 9.10. The summed E-state index contributed by atoms with van der Waals surface area (Å²) < 4.78 is 6.04. The van der Waals surface area contributed by atoms with Gasteiger partial charge in [-0.1, -0.05) is 22.0 Å². The standard InChI is InChI=1S/C15H15BrN2O2/c1-10-8-13(20-2)6-7-14(10)18-15(19)17-12-5-3-4-11(16)9-12/h3-9H,1-2H3,(H2,17,18,19). The Kier molecular flexibility index (Phi) is 4.63. The Morgan fingerprint density at radius 2 is 1.95 bits per heavy atom. The third kappa shape index (κ3) is 3.74. The van der Waals surface area contributed by atoms with Gasteiger partial charge in [-0.15, -0.1) is 0 Å². The van der Waals surface area contributed by atoms with Crippen LogP contribution in [0.25, 0.3) is 0 Å². The molecule has 2 aromatic rings. The maximum absolute atomic E-state index is 11.9. The number of hydrogen-bond donors (Lipinski definition) is 2. The van der Waals surface area contributed by atoms with Gasteiger partial charge in [0, 0.05) is 15.8 Å². The number of anilines is 2. The van der Waals surface area contributed by atoms with Crippen LogP contribution in [0, 0.1) is 6.92 Å². The van der Waals surface area contributed by atoms with Gasteiger partial charge in [-0.3, -0.25) is 0 Å². The molecule has 0 bridgehead atoms. The number of amides is 2. The van der Waals surface area contributed by atoms with Crippen LogP contribution < -0.4 is 15.4 Å². The van der Waals surface area contributed by atoms with E-state index in [1.165, 1.54) is 0 Å². The zero-order valence-corrected chi connectivity index (χ0v) is 12.8. The zero-order chi connectivity index (χ0) is 14.5. The molecular weight excluding hydrogens is 320 g/mol. The van der Waals surface area contributed by atoms with Crippen molar-refractivity contribution in [2.75, 3.05) is 17.7 Å². The molecule has 0 fully saturated rings. The summed E-state index contributed by atoms with van der Waals surface area (Å²) in [6.07, 6.45) is 0. The lowest BCUT2D eigenvalue weighted by molar-refractivity contribution is 0.262. The van der Waals surface area contributed by atoms with Crippen LogP contribution in [-0.2, 0) is 0 Å². The predicted octanol–water partition coefficient (Wildman–Crippen LogP) is 4.41. The van der Waals surface area contributed by atoms with E-state index in [1.807, 2.05) is 49.4 Å². The fourth-order valence-corrected chi connectivity index (χ4v) is 2.15. The molecule has 2 amide bonds. The topological polar surface area (TPSA) is 50.4 Å². The fraction of sp³-hybridized carbons (Fsp3) is 0.133. The molecule has 0 aliphatic heterocycles. The summed E-state index contributed by atoms with van der Waals surface area (Å²) in [6, 6.07) is 12.6. The van der Waals surface area contributed by atoms with Gasteiger partial charge >= 0.3 is 6.03 Å². The van der Waals surface area contributed by atoms with Crippen molar-refractivity contribution in [1.29, 1.82) is 0 Å². The van der Waals surface area contributed by atoms with Crippen molar-refractivity contribution in [2.45, 2.75) is 6.92 Å². The van der Waals surface area contributed by atoms with E-state index < -0.39 is 0 Å². The summed E-state index contributed by atoms with van der Waals surface area (Å²) >= 11 is 3.36. The molecule has 0 saturated heterocycles. The highest BCUT2D eigenvalue weighted by atomic mass is 79.9. The first-order valence-corrected chi connectivity index (χ1v) is 6.86. The van der Waals surface area contributed by atoms with E-state index in [-0.39, 0.29) is 6.03 Å². The minimum Gasteiger partial charge on any atom is -0.497 e. The largest absolute Gasteiger partial charge is 0.497 e. The van der Waals surface area contributed by atoms with Gasteiger partial charge in [0.25, 0.3) is 0 Å². The lowest BCUT2D eigenvalue weighted by atomic mass is 10.2. The quantitative estimate of drug-likeness (QED) is 0.873. The summed E-state index contributed by atoms with van der Waals surface area (Å²) in [5.74, 6) is 0.764. The molecule has 0 saturated carbocycles. The average Bonchev–Trinajstić information content (AvgIpc) is 2.41. The van der Waals surface area contributed by atoms with Crippen molar-refractivity contribution in [3.63, 3.8) is 0 Å². The normalized spacial score (nSPS) is 9.95. The van der Waals surface area contributed by atoms with Crippen LogP contribution in [0.4, 0.5) is 16.2 Å². The van der Waals surface area contributed by atoms with Crippen molar-refractivity contribution >= 4 is 33.3 Å². The van der Waals surface area contributed by atoms with Gasteiger partial charge in [0.05, 0.1) is 7.11 Å². The highest BCUT2D eigenvalue weighted by Crippen LogP contribution is 2.21.